The van der Waals surface area contributed by atoms with Crippen molar-refractivity contribution in [1.29, 1.82) is 0 Å². The number of nitrogens with zero attached hydrogens (tertiary/aromatic N) is 1. The Bertz CT molecular complexity index is 410. The lowest BCUT2D eigenvalue weighted by Crippen LogP contribution is -2.43. The second-order valence-electron chi connectivity index (χ2n) is 2.89. The molecule has 3 N–H and O–H groups in total. The Morgan fingerprint density at radius 1 is 1.56 bits per heavy atom. The standard InChI is InChI=1S/C9H9BrN2O4/c10-7-5(2-1-3-11-7)8(14)12-6(4-13)9(15)16/h1-3,6,13H,4H2,(H,12,14)(H,15,16)/t6-/m1/s1. The highest BCUT2D eigenvalue weighted by atomic mass is 79.9. The molecule has 86 valence electrons. The molecule has 1 atom stereocenters. The quantitative estimate of drug-likeness (QED) is 0.679. The lowest BCUT2D eigenvalue weighted by atomic mass is 10.2. The van der Waals surface area contributed by atoms with Gasteiger partial charge in [-0.25, -0.2) is 9.78 Å². The number of pyridine rings is 1. The molecule has 1 rings (SSSR count). The Morgan fingerprint density at radius 3 is 2.75 bits per heavy atom. The average molecular weight is 289 g/mol. The SMILES string of the molecule is O=C(N[C@H](CO)C(=O)O)c1cccnc1Br. The van der Waals surface area contributed by atoms with Gasteiger partial charge in [-0.2, -0.15) is 0 Å². The van der Waals surface area contributed by atoms with Gasteiger partial charge in [0.25, 0.3) is 5.91 Å². The molecular weight excluding hydrogens is 280 g/mol. The monoisotopic (exact) mass is 288 g/mol. The fourth-order valence-corrected chi connectivity index (χ4v) is 1.41. The van der Waals surface area contributed by atoms with E-state index in [0.29, 0.717) is 4.60 Å². The second kappa shape index (κ2) is 5.57. The zero-order chi connectivity index (χ0) is 12.1. The molecule has 7 heteroatoms. The van der Waals surface area contributed by atoms with Crippen LogP contribution in [0.25, 0.3) is 0 Å². The molecular formula is C9H9BrN2O4. The second-order valence-corrected chi connectivity index (χ2v) is 3.64. The van der Waals surface area contributed by atoms with Crippen LogP contribution in [0, 0.1) is 0 Å². The van der Waals surface area contributed by atoms with Gasteiger partial charge in [-0.1, -0.05) is 0 Å². The van der Waals surface area contributed by atoms with Crippen molar-refractivity contribution < 1.29 is 19.8 Å². The maximum atomic E-state index is 11.6. The summed E-state index contributed by atoms with van der Waals surface area (Å²) in [4.78, 5) is 26.0. The maximum Gasteiger partial charge on any atom is 0.328 e. The van der Waals surface area contributed by atoms with Crippen LogP contribution in [-0.2, 0) is 4.79 Å². The average Bonchev–Trinajstić information content (AvgIpc) is 2.25. The fraction of sp³-hybridized carbons (Fsp3) is 0.222. The van der Waals surface area contributed by atoms with Gasteiger partial charge in [0.1, 0.15) is 4.60 Å². The molecule has 1 heterocycles. The van der Waals surface area contributed by atoms with E-state index < -0.39 is 24.5 Å². The Balaban J connectivity index is 2.80. The van der Waals surface area contributed by atoms with Gasteiger partial charge in [0.05, 0.1) is 12.2 Å². The predicted octanol–water partition coefficient (Wildman–Crippen LogP) is 0.0194. The van der Waals surface area contributed by atoms with Crippen molar-refractivity contribution in [1.82, 2.24) is 10.3 Å². The van der Waals surface area contributed by atoms with Gasteiger partial charge in [-0.3, -0.25) is 4.79 Å². The van der Waals surface area contributed by atoms with E-state index in [4.69, 9.17) is 10.2 Å². The molecule has 1 amide bonds. The van der Waals surface area contributed by atoms with Crippen LogP contribution in [0.2, 0.25) is 0 Å². The van der Waals surface area contributed by atoms with Crippen molar-refractivity contribution in [3.8, 4) is 0 Å². The van der Waals surface area contributed by atoms with E-state index in [2.05, 4.69) is 26.2 Å². The third-order valence-electron chi connectivity index (χ3n) is 1.79. The normalized spacial score (nSPS) is 11.9. The molecule has 0 bridgehead atoms. The van der Waals surface area contributed by atoms with Crippen molar-refractivity contribution in [2.45, 2.75) is 6.04 Å². The van der Waals surface area contributed by atoms with Crippen molar-refractivity contribution >= 4 is 27.8 Å². The minimum absolute atomic E-state index is 0.210. The summed E-state index contributed by atoms with van der Waals surface area (Å²) in [5.41, 5.74) is 0.210. The molecule has 6 nitrogen and oxygen atoms in total. The third kappa shape index (κ3) is 3.01. The summed E-state index contributed by atoms with van der Waals surface area (Å²) in [5.74, 6) is -1.91. The fourth-order valence-electron chi connectivity index (χ4n) is 0.977. The lowest BCUT2D eigenvalue weighted by Gasteiger charge is -2.11. The van der Waals surface area contributed by atoms with E-state index in [1.807, 2.05) is 0 Å². The summed E-state index contributed by atoms with van der Waals surface area (Å²) < 4.78 is 0.314. The van der Waals surface area contributed by atoms with Crippen LogP contribution in [0.4, 0.5) is 0 Å². The summed E-state index contributed by atoms with van der Waals surface area (Å²) in [7, 11) is 0. The van der Waals surface area contributed by atoms with Gasteiger partial charge in [-0.05, 0) is 28.1 Å². The molecule has 0 spiro atoms. The van der Waals surface area contributed by atoms with Gasteiger partial charge in [0.15, 0.2) is 6.04 Å². The molecule has 0 radical (unpaired) electrons. The Labute approximate surface area is 99.4 Å². The van der Waals surface area contributed by atoms with Gasteiger partial charge >= 0.3 is 5.97 Å². The zero-order valence-corrected chi connectivity index (χ0v) is 9.64. The lowest BCUT2D eigenvalue weighted by molar-refractivity contribution is -0.140. The molecule has 0 saturated carbocycles. The topological polar surface area (TPSA) is 99.5 Å². The number of hydrogen-bond donors (Lipinski definition) is 3. The Morgan fingerprint density at radius 2 is 2.25 bits per heavy atom. The number of carbonyl (C=O) groups is 2. The number of hydrogen-bond acceptors (Lipinski definition) is 4. The molecule has 0 aromatic carbocycles. The number of halogens is 1. The van der Waals surface area contributed by atoms with Crippen molar-refractivity contribution in [3.63, 3.8) is 0 Å². The zero-order valence-electron chi connectivity index (χ0n) is 8.05. The number of nitrogens with one attached hydrogen (secondary N) is 1. The van der Waals surface area contributed by atoms with E-state index in [1.165, 1.54) is 12.3 Å². The molecule has 0 unspecified atom stereocenters. The number of aliphatic hydroxyl groups is 1. The van der Waals surface area contributed by atoms with Crippen molar-refractivity contribution in [2.24, 2.45) is 0 Å². The summed E-state index contributed by atoms with van der Waals surface area (Å²) in [6.45, 7) is -0.668. The Hall–Kier alpha value is -1.47. The van der Waals surface area contributed by atoms with E-state index in [-0.39, 0.29) is 5.56 Å². The summed E-state index contributed by atoms with van der Waals surface area (Å²) in [5, 5.41) is 19.5. The van der Waals surface area contributed by atoms with Crippen LogP contribution < -0.4 is 5.32 Å². The number of aromatic nitrogens is 1. The first-order valence-corrected chi connectivity index (χ1v) is 5.10. The van der Waals surface area contributed by atoms with Crippen LogP contribution in [0.3, 0.4) is 0 Å². The van der Waals surface area contributed by atoms with Gasteiger partial charge in [0, 0.05) is 6.20 Å². The Kier molecular flexibility index (Phi) is 4.39. The first-order valence-electron chi connectivity index (χ1n) is 4.31. The van der Waals surface area contributed by atoms with E-state index in [0.717, 1.165) is 0 Å². The molecule has 0 aliphatic heterocycles. The minimum Gasteiger partial charge on any atom is -0.480 e. The highest BCUT2D eigenvalue weighted by Crippen LogP contribution is 2.12. The third-order valence-corrected chi connectivity index (χ3v) is 2.42. The first kappa shape index (κ1) is 12.6. The number of carboxylic acids is 1. The number of carboxylic acid groups (broad SMARTS) is 1. The number of aliphatic carboxylic acids is 1. The van der Waals surface area contributed by atoms with Crippen LogP contribution in [0.15, 0.2) is 22.9 Å². The highest BCUT2D eigenvalue weighted by Gasteiger charge is 2.20. The van der Waals surface area contributed by atoms with Crippen molar-refractivity contribution in [2.75, 3.05) is 6.61 Å². The molecule has 16 heavy (non-hydrogen) atoms. The number of amides is 1. The highest BCUT2D eigenvalue weighted by molar-refractivity contribution is 9.10. The first-order chi connectivity index (χ1) is 7.56. The largest absolute Gasteiger partial charge is 0.480 e. The van der Waals surface area contributed by atoms with E-state index >= 15 is 0 Å². The van der Waals surface area contributed by atoms with Crippen LogP contribution in [0.1, 0.15) is 10.4 Å². The minimum atomic E-state index is -1.32. The number of carbonyl (C=O) groups excluding carboxylic acids is 1. The van der Waals surface area contributed by atoms with Crippen LogP contribution in [0.5, 0.6) is 0 Å². The molecule has 0 fully saturated rings. The molecule has 0 saturated heterocycles. The van der Waals surface area contributed by atoms with Crippen molar-refractivity contribution in [3.05, 3.63) is 28.5 Å². The molecule has 1 aromatic rings. The van der Waals surface area contributed by atoms with E-state index in [9.17, 15) is 9.59 Å². The number of rotatable bonds is 4. The maximum absolute atomic E-state index is 11.6. The van der Waals surface area contributed by atoms with Crippen LogP contribution >= 0.6 is 15.9 Å². The van der Waals surface area contributed by atoms with Crippen LogP contribution in [-0.4, -0.2) is 39.7 Å². The molecule has 0 aliphatic carbocycles. The predicted molar refractivity (Wildman–Crippen MR) is 57.9 cm³/mol. The smallest absolute Gasteiger partial charge is 0.328 e. The summed E-state index contributed by atoms with van der Waals surface area (Å²) in [6.07, 6.45) is 1.49. The molecule has 0 aliphatic rings. The van der Waals surface area contributed by atoms with Gasteiger partial charge in [0.2, 0.25) is 0 Å². The van der Waals surface area contributed by atoms with Gasteiger partial charge in [-0.15, -0.1) is 0 Å². The van der Waals surface area contributed by atoms with E-state index in [1.54, 1.807) is 6.07 Å². The molecule has 1 aromatic heterocycles. The summed E-state index contributed by atoms with van der Waals surface area (Å²) >= 11 is 3.06. The summed E-state index contributed by atoms with van der Waals surface area (Å²) in [6, 6.07) is 1.72. The van der Waals surface area contributed by atoms with Gasteiger partial charge < -0.3 is 15.5 Å². The number of aliphatic hydroxyl groups excluding tert-OH is 1.